The van der Waals surface area contributed by atoms with Crippen LogP contribution in [0.4, 0.5) is 0 Å². The lowest BCUT2D eigenvalue weighted by Gasteiger charge is -2.31. The Morgan fingerprint density at radius 1 is 1.53 bits per heavy atom. The second-order valence-corrected chi connectivity index (χ2v) is 12.0. The van der Waals surface area contributed by atoms with Gasteiger partial charge in [-0.2, -0.15) is 0 Å². The second-order valence-electron chi connectivity index (χ2n) is 6.72. The summed E-state index contributed by atoms with van der Waals surface area (Å²) in [7, 11) is -1.61. The molecule has 0 aromatic heterocycles. The number of rotatable bonds is 5. The van der Waals surface area contributed by atoms with E-state index in [2.05, 4.69) is 32.3 Å². The molecular formula is C15H22O3Si. The number of fused-ring (bicyclic) bond motifs is 1. The number of ether oxygens (including phenoxy) is 1. The molecule has 0 aliphatic heterocycles. The van der Waals surface area contributed by atoms with Crippen molar-refractivity contribution in [3.05, 3.63) is 24.8 Å². The number of carbonyl (C=O) groups is 2. The molecular weight excluding hydrogens is 256 g/mol. The molecule has 0 amide bonds. The molecule has 0 aromatic carbocycles. The Kier molecular flexibility index (Phi) is 3.12. The Morgan fingerprint density at radius 3 is 2.58 bits per heavy atom. The normalized spacial score (nSPS) is 36.0. The largest absolute Gasteiger partial charge is 0.465 e. The lowest BCUT2D eigenvalue weighted by atomic mass is 9.94. The highest BCUT2D eigenvalue weighted by Crippen LogP contribution is 2.83. The van der Waals surface area contributed by atoms with Crippen LogP contribution in [-0.2, 0) is 14.3 Å². The van der Waals surface area contributed by atoms with Crippen molar-refractivity contribution in [3.63, 3.8) is 0 Å². The first kappa shape index (κ1) is 14.3. The molecule has 1 fully saturated rings. The lowest BCUT2D eigenvalue weighted by Crippen LogP contribution is -2.34. The highest BCUT2D eigenvalue weighted by Gasteiger charge is 2.82. The zero-order valence-corrected chi connectivity index (χ0v) is 13.2. The standard InChI is InChI=1S/C15H22O3Si/c1-6-8-14(10-18-11(2)16)13-12(17)7-9-15(13,14)19(3,4)5/h6-7,9,13H,1,8,10H2,2-5H3/t13-,14?,15+/m1/s1. The summed E-state index contributed by atoms with van der Waals surface area (Å²) in [4.78, 5) is 23.3. The van der Waals surface area contributed by atoms with E-state index in [1.54, 1.807) is 6.08 Å². The third-order valence-electron chi connectivity index (χ3n) is 4.83. The molecule has 19 heavy (non-hydrogen) atoms. The van der Waals surface area contributed by atoms with Gasteiger partial charge in [0.25, 0.3) is 0 Å². The number of hydrogen-bond donors (Lipinski definition) is 0. The van der Waals surface area contributed by atoms with Gasteiger partial charge in [0, 0.05) is 23.3 Å². The van der Waals surface area contributed by atoms with Gasteiger partial charge in [-0.05, 0) is 12.5 Å². The average molecular weight is 278 g/mol. The van der Waals surface area contributed by atoms with Gasteiger partial charge in [0.1, 0.15) is 0 Å². The summed E-state index contributed by atoms with van der Waals surface area (Å²) in [5, 5.41) is -0.0687. The van der Waals surface area contributed by atoms with Gasteiger partial charge in [-0.1, -0.05) is 31.8 Å². The molecule has 3 atom stereocenters. The number of hydrogen-bond acceptors (Lipinski definition) is 3. The maximum atomic E-state index is 12.2. The van der Waals surface area contributed by atoms with Crippen LogP contribution in [-0.4, -0.2) is 26.4 Å². The van der Waals surface area contributed by atoms with E-state index >= 15 is 0 Å². The van der Waals surface area contributed by atoms with Crippen molar-refractivity contribution >= 4 is 19.8 Å². The summed E-state index contributed by atoms with van der Waals surface area (Å²) in [6, 6.07) is 0. The van der Waals surface area contributed by atoms with Gasteiger partial charge in [-0.3, -0.25) is 9.59 Å². The summed E-state index contributed by atoms with van der Waals surface area (Å²) in [6.07, 6.45) is 6.40. The molecule has 2 aliphatic carbocycles. The van der Waals surface area contributed by atoms with E-state index in [9.17, 15) is 9.59 Å². The third-order valence-corrected chi connectivity index (χ3v) is 8.26. The van der Waals surface area contributed by atoms with E-state index in [4.69, 9.17) is 4.74 Å². The zero-order valence-electron chi connectivity index (χ0n) is 12.2. The van der Waals surface area contributed by atoms with Crippen molar-refractivity contribution in [2.45, 2.75) is 38.0 Å². The van der Waals surface area contributed by atoms with Crippen molar-refractivity contribution in [2.75, 3.05) is 6.61 Å². The van der Waals surface area contributed by atoms with Gasteiger partial charge in [-0.15, -0.1) is 6.58 Å². The minimum atomic E-state index is -1.61. The molecule has 0 spiro atoms. The molecule has 3 nitrogen and oxygen atoms in total. The SMILES string of the molecule is C=CCC1(COC(C)=O)[C@H]2C(=O)C=C[C@]21[Si](C)(C)C. The van der Waals surface area contributed by atoms with Crippen LogP contribution in [0.3, 0.4) is 0 Å². The molecule has 0 aromatic rings. The van der Waals surface area contributed by atoms with E-state index in [0.717, 1.165) is 6.42 Å². The molecule has 2 aliphatic rings. The predicted octanol–water partition coefficient (Wildman–Crippen LogP) is 2.96. The first-order chi connectivity index (χ1) is 8.73. The Balaban J connectivity index is 2.40. The molecule has 104 valence electrons. The molecule has 0 N–H and O–H groups in total. The molecule has 0 saturated heterocycles. The van der Waals surface area contributed by atoms with Crippen LogP contribution in [0.25, 0.3) is 0 Å². The minimum Gasteiger partial charge on any atom is -0.465 e. The molecule has 4 heteroatoms. The number of allylic oxidation sites excluding steroid dienone is 3. The smallest absolute Gasteiger partial charge is 0.302 e. The fourth-order valence-electron chi connectivity index (χ4n) is 4.16. The number of esters is 1. The molecule has 0 radical (unpaired) electrons. The van der Waals surface area contributed by atoms with Crippen LogP contribution in [0.5, 0.6) is 0 Å². The predicted molar refractivity (Wildman–Crippen MR) is 77.6 cm³/mol. The Labute approximate surface area is 115 Å². The van der Waals surface area contributed by atoms with Crippen molar-refractivity contribution in [1.82, 2.24) is 0 Å². The quantitative estimate of drug-likeness (QED) is 0.441. The van der Waals surface area contributed by atoms with Gasteiger partial charge in [0.2, 0.25) is 0 Å². The second kappa shape index (κ2) is 4.17. The highest BCUT2D eigenvalue weighted by atomic mass is 28.3. The van der Waals surface area contributed by atoms with Crippen LogP contribution in [0.15, 0.2) is 24.8 Å². The minimum absolute atomic E-state index is 0.0102. The van der Waals surface area contributed by atoms with Gasteiger partial charge in [-0.25, -0.2) is 0 Å². The molecule has 0 heterocycles. The summed E-state index contributed by atoms with van der Waals surface area (Å²) in [6.45, 7) is 12.4. The molecule has 1 unspecified atom stereocenters. The van der Waals surface area contributed by atoms with Crippen LogP contribution < -0.4 is 0 Å². The van der Waals surface area contributed by atoms with Gasteiger partial charge in [0.05, 0.1) is 14.7 Å². The molecule has 2 rings (SSSR count). The van der Waals surface area contributed by atoms with Crippen molar-refractivity contribution in [2.24, 2.45) is 11.3 Å². The van der Waals surface area contributed by atoms with Crippen LogP contribution >= 0.6 is 0 Å². The van der Waals surface area contributed by atoms with E-state index < -0.39 is 8.07 Å². The van der Waals surface area contributed by atoms with Gasteiger partial charge >= 0.3 is 5.97 Å². The highest BCUT2D eigenvalue weighted by molar-refractivity contribution is 6.81. The number of carbonyl (C=O) groups excluding carboxylic acids is 2. The Hall–Kier alpha value is -1.16. The van der Waals surface area contributed by atoms with E-state index in [1.165, 1.54) is 6.92 Å². The molecule has 0 bridgehead atoms. The fraction of sp³-hybridized carbons (Fsp3) is 0.600. The lowest BCUT2D eigenvalue weighted by molar-refractivity contribution is -0.143. The molecule has 1 saturated carbocycles. The van der Waals surface area contributed by atoms with Crippen LogP contribution in [0.2, 0.25) is 24.7 Å². The van der Waals surface area contributed by atoms with Gasteiger partial charge < -0.3 is 4.74 Å². The van der Waals surface area contributed by atoms with Crippen molar-refractivity contribution in [1.29, 1.82) is 0 Å². The fourth-order valence-corrected chi connectivity index (χ4v) is 7.76. The van der Waals surface area contributed by atoms with E-state index in [1.807, 2.05) is 6.08 Å². The zero-order chi connectivity index (χ0) is 14.5. The van der Waals surface area contributed by atoms with Crippen LogP contribution in [0, 0.1) is 11.3 Å². The Morgan fingerprint density at radius 2 is 2.16 bits per heavy atom. The van der Waals surface area contributed by atoms with Gasteiger partial charge in [0.15, 0.2) is 5.78 Å². The summed E-state index contributed by atoms with van der Waals surface area (Å²) in [5.74, 6) is -0.101. The number of ketones is 1. The average Bonchev–Trinajstić information content (AvgIpc) is 2.68. The maximum absolute atomic E-state index is 12.2. The third kappa shape index (κ3) is 1.69. The Bertz CT molecular complexity index is 474. The topological polar surface area (TPSA) is 43.4 Å². The monoisotopic (exact) mass is 278 g/mol. The summed E-state index contributed by atoms with van der Waals surface area (Å²) < 4.78 is 5.28. The first-order valence-electron chi connectivity index (χ1n) is 6.70. The van der Waals surface area contributed by atoms with E-state index in [-0.39, 0.29) is 28.1 Å². The van der Waals surface area contributed by atoms with Crippen molar-refractivity contribution < 1.29 is 14.3 Å². The summed E-state index contributed by atoms with van der Waals surface area (Å²) in [5.41, 5.74) is -0.239. The van der Waals surface area contributed by atoms with Crippen LogP contribution in [0.1, 0.15) is 13.3 Å². The maximum Gasteiger partial charge on any atom is 0.302 e. The van der Waals surface area contributed by atoms with E-state index in [0.29, 0.717) is 6.61 Å². The van der Waals surface area contributed by atoms with Crippen molar-refractivity contribution in [3.8, 4) is 0 Å². The first-order valence-corrected chi connectivity index (χ1v) is 10.2. The summed E-state index contributed by atoms with van der Waals surface area (Å²) >= 11 is 0.